The Kier molecular flexibility index (Phi) is 4.93. The molecule has 0 saturated heterocycles. The second kappa shape index (κ2) is 7.29. The van der Waals surface area contributed by atoms with Gasteiger partial charge in [-0.15, -0.1) is 0 Å². The Morgan fingerprint density at radius 1 is 1.21 bits per heavy atom. The summed E-state index contributed by atoms with van der Waals surface area (Å²) >= 11 is 0. The number of rotatable bonds is 5. The van der Waals surface area contributed by atoms with Crippen LogP contribution in [0.25, 0.3) is 10.8 Å². The van der Waals surface area contributed by atoms with Crippen molar-refractivity contribution in [1.82, 2.24) is 9.78 Å². The van der Waals surface area contributed by atoms with Crippen LogP contribution >= 0.6 is 0 Å². The predicted octanol–water partition coefficient (Wildman–Crippen LogP) is 1.98. The standard InChI is InChI=1S/C18H20N2O4/c21-16(24-12-13-6-2-1-3-7-13)10-11-20-18(23)15-9-5-4-8-14(15)17(22)19-20/h1-2,4-5,8-9,13H,3,6-7,10-12H2,(H,19,22). The van der Waals surface area contributed by atoms with Crippen LogP contribution in [-0.4, -0.2) is 22.4 Å². The van der Waals surface area contributed by atoms with Gasteiger partial charge in [-0.2, -0.15) is 0 Å². The van der Waals surface area contributed by atoms with Crippen molar-refractivity contribution in [3.63, 3.8) is 0 Å². The van der Waals surface area contributed by atoms with Gasteiger partial charge in [0.15, 0.2) is 0 Å². The number of carbonyl (C=O) groups is 1. The smallest absolute Gasteiger partial charge is 0.307 e. The Bertz CT molecular complexity index is 878. The Hall–Kier alpha value is -2.63. The number of aromatic nitrogens is 2. The minimum Gasteiger partial charge on any atom is -0.465 e. The summed E-state index contributed by atoms with van der Waals surface area (Å²) in [7, 11) is 0. The lowest BCUT2D eigenvalue weighted by molar-refractivity contribution is -0.145. The molecule has 0 spiro atoms. The number of hydrogen-bond acceptors (Lipinski definition) is 4. The fourth-order valence-electron chi connectivity index (χ4n) is 2.90. The molecular formula is C18H20N2O4. The molecule has 1 aliphatic carbocycles. The second-order valence-corrected chi connectivity index (χ2v) is 6.03. The van der Waals surface area contributed by atoms with Gasteiger partial charge in [0.1, 0.15) is 0 Å². The molecular weight excluding hydrogens is 308 g/mol. The highest BCUT2D eigenvalue weighted by Crippen LogP contribution is 2.18. The van der Waals surface area contributed by atoms with Gasteiger partial charge in [0.25, 0.3) is 11.1 Å². The zero-order valence-corrected chi connectivity index (χ0v) is 13.4. The van der Waals surface area contributed by atoms with Gasteiger partial charge < -0.3 is 4.74 Å². The Morgan fingerprint density at radius 3 is 2.75 bits per heavy atom. The highest BCUT2D eigenvalue weighted by Gasteiger charge is 2.13. The summed E-state index contributed by atoms with van der Waals surface area (Å²) in [6.45, 7) is 0.509. The molecule has 1 unspecified atom stereocenters. The maximum atomic E-state index is 12.3. The molecule has 1 aliphatic rings. The third-order valence-electron chi connectivity index (χ3n) is 4.28. The topological polar surface area (TPSA) is 81.2 Å². The molecule has 3 rings (SSSR count). The first-order valence-corrected chi connectivity index (χ1v) is 8.17. The molecule has 0 amide bonds. The average molecular weight is 328 g/mol. The van der Waals surface area contributed by atoms with E-state index in [-0.39, 0.29) is 30.1 Å². The summed E-state index contributed by atoms with van der Waals surface area (Å²) in [6.07, 6.45) is 7.29. The highest BCUT2D eigenvalue weighted by atomic mass is 16.5. The molecule has 1 N–H and O–H groups in total. The Labute approximate surface area is 138 Å². The van der Waals surface area contributed by atoms with E-state index in [0.717, 1.165) is 19.3 Å². The second-order valence-electron chi connectivity index (χ2n) is 6.03. The van der Waals surface area contributed by atoms with E-state index >= 15 is 0 Å². The first-order chi connectivity index (χ1) is 11.6. The minimum atomic E-state index is -0.356. The molecule has 0 aliphatic heterocycles. The monoisotopic (exact) mass is 328 g/mol. The van der Waals surface area contributed by atoms with E-state index in [2.05, 4.69) is 17.3 Å². The van der Waals surface area contributed by atoms with Crippen LogP contribution in [0.5, 0.6) is 0 Å². The van der Waals surface area contributed by atoms with Crippen LogP contribution < -0.4 is 11.1 Å². The van der Waals surface area contributed by atoms with E-state index < -0.39 is 0 Å². The van der Waals surface area contributed by atoms with Crippen LogP contribution in [0, 0.1) is 5.92 Å². The van der Waals surface area contributed by atoms with E-state index in [0.29, 0.717) is 23.3 Å². The predicted molar refractivity (Wildman–Crippen MR) is 90.9 cm³/mol. The molecule has 2 aromatic rings. The number of ether oxygens (including phenoxy) is 1. The number of aryl methyl sites for hydroxylation is 1. The number of nitrogens with zero attached hydrogens (tertiary/aromatic N) is 1. The molecule has 0 saturated carbocycles. The zero-order valence-electron chi connectivity index (χ0n) is 13.4. The lowest BCUT2D eigenvalue weighted by atomic mass is 9.95. The molecule has 1 heterocycles. The molecule has 0 bridgehead atoms. The number of esters is 1. The van der Waals surface area contributed by atoms with Crippen molar-refractivity contribution in [3.05, 3.63) is 57.1 Å². The van der Waals surface area contributed by atoms with E-state index in [1.807, 2.05) is 0 Å². The number of nitrogens with one attached hydrogen (secondary N) is 1. The van der Waals surface area contributed by atoms with Crippen LogP contribution in [0.1, 0.15) is 25.7 Å². The van der Waals surface area contributed by atoms with E-state index in [1.54, 1.807) is 24.3 Å². The molecule has 6 nitrogen and oxygen atoms in total. The number of fused-ring (bicyclic) bond motifs is 1. The van der Waals surface area contributed by atoms with E-state index in [4.69, 9.17) is 4.74 Å². The van der Waals surface area contributed by atoms with Gasteiger partial charge in [-0.25, -0.2) is 4.68 Å². The molecule has 1 atom stereocenters. The Morgan fingerprint density at radius 2 is 2.00 bits per heavy atom. The van der Waals surface area contributed by atoms with E-state index in [1.165, 1.54) is 4.68 Å². The van der Waals surface area contributed by atoms with Gasteiger partial charge in [0, 0.05) is 0 Å². The number of allylic oxidation sites excluding steroid dienone is 2. The summed E-state index contributed by atoms with van der Waals surface area (Å²) in [5.74, 6) is 0.0209. The number of aromatic amines is 1. The molecule has 6 heteroatoms. The molecule has 1 aromatic heterocycles. The third-order valence-corrected chi connectivity index (χ3v) is 4.28. The summed E-state index contributed by atoms with van der Waals surface area (Å²) < 4.78 is 6.46. The molecule has 0 radical (unpaired) electrons. The van der Waals surface area contributed by atoms with Crippen molar-refractivity contribution >= 4 is 16.7 Å². The molecule has 1 aromatic carbocycles. The Balaban J connectivity index is 1.62. The normalized spacial score (nSPS) is 17.1. The maximum absolute atomic E-state index is 12.3. The third kappa shape index (κ3) is 3.64. The van der Waals surface area contributed by atoms with Crippen molar-refractivity contribution < 1.29 is 9.53 Å². The zero-order chi connectivity index (χ0) is 16.9. The summed E-state index contributed by atoms with van der Waals surface area (Å²) in [5.41, 5.74) is -0.650. The number of H-pyrrole nitrogens is 1. The highest BCUT2D eigenvalue weighted by molar-refractivity contribution is 5.80. The van der Waals surface area contributed by atoms with Gasteiger partial charge in [-0.1, -0.05) is 24.3 Å². The van der Waals surface area contributed by atoms with Crippen molar-refractivity contribution in [2.45, 2.75) is 32.2 Å². The molecule has 126 valence electrons. The van der Waals surface area contributed by atoms with Gasteiger partial charge in [0.2, 0.25) is 0 Å². The van der Waals surface area contributed by atoms with Crippen LogP contribution in [0.4, 0.5) is 0 Å². The number of carbonyl (C=O) groups excluding carboxylic acids is 1. The van der Waals surface area contributed by atoms with Crippen molar-refractivity contribution in [2.75, 3.05) is 6.61 Å². The van der Waals surface area contributed by atoms with Crippen LogP contribution in [0.15, 0.2) is 46.0 Å². The molecule has 24 heavy (non-hydrogen) atoms. The fourth-order valence-corrected chi connectivity index (χ4v) is 2.90. The lowest BCUT2D eigenvalue weighted by Crippen LogP contribution is -2.30. The summed E-state index contributed by atoms with van der Waals surface area (Å²) in [4.78, 5) is 36.2. The molecule has 0 fully saturated rings. The van der Waals surface area contributed by atoms with Gasteiger partial charge in [-0.05, 0) is 37.3 Å². The van der Waals surface area contributed by atoms with E-state index in [9.17, 15) is 14.4 Å². The van der Waals surface area contributed by atoms with Crippen molar-refractivity contribution in [1.29, 1.82) is 0 Å². The van der Waals surface area contributed by atoms with Crippen LogP contribution in [0.3, 0.4) is 0 Å². The quantitative estimate of drug-likeness (QED) is 0.672. The fraction of sp³-hybridized carbons (Fsp3) is 0.389. The first-order valence-electron chi connectivity index (χ1n) is 8.17. The first kappa shape index (κ1) is 16.2. The van der Waals surface area contributed by atoms with Gasteiger partial charge in [-0.3, -0.25) is 19.5 Å². The lowest BCUT2D eigenvalue weighted by Gasteiger charge is -2.17. The average Bonchev–Trinajstić information content (AvgIpc) is 2.62. The van der Waals surface area contributed by atoms with Crippen molar-refractivity contribution in [2.24, 2.45) is 5.92 Å². The minimum absolute atomic E-state index is 0.0523. The number of benzene rings is 1. The summed E-state index contributed by atoms with van der Waals surface area (Å²) in [5, 5.41) is 3.22. The van der Waals surface area contributed by atoms with Crippen molar-refractivity contribution in [3.8, 4) is 0 Å². The summed E-state index contributed by atoms with van der Waals surface area (Å²) in [6, 6.07) is 6.63. The van der Waals surface area contributed by atoms with Crippen LogP contribution in [0.2, 0.25) is 0 Å². The SMILES string of the molecule is O=C(CCn1[nH]c(=O)c2ccccc2c1=O)OCC1CC=CCC1. The largest absolute Gasteiger partial charge is 0.465 e. The number of hydrogen-bond donors (Lipinski definition) is 1. The van der Waals surface area contributed by atoms with Gasteiger partial charge in [0.05, 0.1) is 30.3 Å². The van der Waals surface area contributed by atoms with Crippen LogP contribution in [-0.2, 0) is 16.1 Å². The van der Waals surface area contributed by atoms with Gasteiger partial charge >= 0.3 is 5.97 Å². The maximum Gasteiger partial charge on any atom is 0.307 e.